The van der Waals surface area contributed by atoms with Gasteiger partial charge in [-0.2, -0.15) is 0 Å². The van der Waals surface area contributed by atoms with E-state index in [0.29, 0.717) is 6.61 Å². The summed E-state index contributed by atoms with van der Waals surface area (Å²) >= 11 is 0. The maximum atomic E-state index is 10.4. The van der Waals surface area contributed by atoms with Crippen molar-refractivity contribution in [3.63, 3.8) is 0 Å². The van der Waals surface area contributed by atoms with Crippen LogP contribution in [0.5, 0.6) is 5.75 Å². The summed E-state index contributed by atoms with van der Waals surface area (Å²) in [6.07, 6.45) is -0.270. The fourth-order valence-electron chi connectivity index (χ4n) is 1.31. The van der Waals surface area contributed by atoms with Crippen LogP contribution in [-0.4, -0.2) is 24.3 Å². The van der Waals surface area contributed by atoms with Crippen molar-refractivity contribution in [3.05, 3.63) is 29.8 Å². The normalized spacial score (nSPS) is 12.1. The molecule has 0 aliphatic carbocycles. The third kappa shape index (κ3) is 4.31. The predicted molar refractivity (Wildman–Crippen MR) is 59.5 cm³/mol. The molecule has 0 bridgehead atoms. The highest BCUT2D eigenvalue weighted by Gasteiger charge is 2.07. The van der Waals surface area contributed by atoms with Crippen molar-refractivity contribution in [2.24, 2.45) is 0 Å². The molecule has 4 heteroatoms. The van der Waals surface area contributed by atoms with Gasteiger partial charge in [-0.15, -0.1) is 0 Å². The molecule has 1 N–H and O–H groups in total. The molecule has 0 aliphatic heterocycles. The Hall–Kier alpha value is -1.55. The highest BCUT2D eigenvalue weighted by atomic mass is 16.5. The van der Waals surface area contributed by atoms with Crippen molar-refractivity contribution in [3.8, 4) is 5.75 Å². The third-order valence-electron chi connectivity index (χ3n) is 2.13. The molecule has 0 amide bonds. The number of aliphatic carboxylic acids is 1. The van der Waals surface area contributed by atoms with Crippen LogP contribution in [-0.2, 0) is 16.1 Å². The van der Waals surface area contributed by atoms with Crippen molar-refractivity contribution >= 4 is 5.97 Å². The first-order valence-electron chi connectivity index (χ1n) is 5.08. The molecule has 0 spiro atoms. The minimum Gasteiger partial charge on any atom is -0.497 e. The average molecular weight is 224 g/mol. The lowest BCUT2D eigenvalue weighted by Gasteiger charge is -2.11. The van der Waals surface area contributed by atoms with Crippen LogP contribution in [0.2, 0.25) is 0 Å². The smallest absolute Gasteiger partial charge is 0.305 e. The molecule has 0 saturated heterocycles. The van der Waals surface area contributed by atoms with E-state index in [0.717, 1.165) is 11.3 Å². The first kappa shape index (κ1) is 12.5. The van der Waals surface area contributed by atoms with Crippen molar-refractivity contribution in [2.75, 3.05) is 7.11 Å². The fourth-order valence-corrected chi connectivity index (χ4v) is 1.31. The Morgan fingerprint density at radius 2 is 2.25 bits per heavy atom. The topological polar surface area (TPSA) is 55.8 Å². The maximum absolute atomic E-state index is 10.4. The first-order chi connectivity index (χ1) is 7.61. The average Bonchev–Trinajstić information content (AvgIpc) is 2.26. The number of carboxylic acid groups (broad SMARTS) is 1. The van der Waals surface area contributed by atoms with Crippen LogP contribution in [0.3, 0.4) is 0 Å². The zero-order valence-electron chi connectivity index (χ0n) is 9.47. The van der Waals surface area contributed by atoms with Gasteiger partial charge in [-0.05, 0) is 24.6 Å². The van der Waals surface area contributed by atoms with E-state index in [1.807, 2.05) is 24.3 Å². The molecule has 1 aromatic carbocycles. The van der Waals surface area contributed by atoms with E-state index in [1.165, 1.54) is 0 Å². The summed E-state index contributed by atoms with van der Waals surface area (Å²) < 4.78 is 10.5. The zero-order valence-corrected chi connectivity index (χ0v) is 9.47. The minimum atomic E-state index is -0.849. The van der Waals surface area contributed by atoms with Crippen LogP contribution >= 0.6 is 0 Å². The number of rotatable bonds is 6. The molecule has 1 aromatic rings. The summed E-state index contributed by atoms with van der Waals surface area (Å²) in [5.74, 6) is -0.0786. The molecule has 16 heavy (non-hydrogen) atoms. The number of carboxylic acids is 1. The molecule has 0 aliphatic rings. The number of methoxy groups -OCH3 is 1. The summed E-state index contributed by atoms with van der Waals surface area (Å²) in [4.78, 5) is 10.4. The lowest BCUT2D eigenvalue weighted by atomic mass is 10.2. The summed E-state index contributed by atoms with van der Waals surface area (Å²) in [6.45, 7) is 2.14. The largest absolute Gasteiger partial charge is 0.497 e. The Bertz CT molecular complexity index is 349. The van der Waals surface area contributed by atoms with Gasteiger partial charge >= 0.3 is 5.97 Å². The second-order valence-electron chi connectivity index (χ2n) is 3.57. The Morgan fingerprint density at radius 1 is 1.50 bits per heavy atom. The van der Waals surface area contributed by atoms with Crippen LogP contribution in [0.15, 0.2) is 24.3 Å². The summed E-state index contributed by atoms with van der Waals surface area (Å²) in [6, 6.07) is 7.51. The number of carbonyl (C=O) groups is 1. The summed E-state index contributed by atoms with van der Waals surface area (Å²) in [5, 5.41) is 8.56. The minimum absolute atomic E-state index is 0.0178. The molecular formula is C12H16O4. The van der Waals surface area contributed by atoms with E-state index in [2.05, 4.69) is 0 Å². The molecule has 1 rings (SSSR count). The Morgan fingerprint density at radius 3 is 2.88 bits per heavy atom. The second kappa shape index (κ2) is 6.12. The van der Waals surface area contributed by atoms with E-state index in [-0.39, 0.29) is 12.5 Å². The molecule has 0 heterocycles. The number of benzene rings is 1. The highest BCUT2D eigenvalue weighted by Crippen LogP contribution is 2.14. The standard InChI is InChI=1S/C12H16O4/c1-9(6-12(13)14)16-8-10-4-3-5-11(7-10)15-2/h3-5,7,9H,6,8H2,1-2H3,(H,13,14). The van der Waals surface area contributed by atoms with Gasteiger partial charge in [0.05, 0.1) is 26.2 Å². The SMILES string of the molecule is COc1cccc(COC(C)CC(=O)O)c1. The molecule has 1 unspecified atom stereocenters. The Labute approximate surface area is 94.8 Å². The van der Waals surface area contributed by atoms with Crippen LogP contribution in [0.4, 0.5) is 0 Å². The van der Waals surface area contributed by atoms with Crippen molar-refractivity contribution < 1.29 is 19.4 Å². The van der Waals surface area contributed by atoms with Gasteiger partial charge in [-0.25, -0.2) is 0 Å². The summed E-state index contributed by atoms with van der Waals surface area (Å²) in [7, 11) is 1.60. The van der Waals surface area contributed by atoms with Gasteiger partial charge in [0.2, 0.25) is 0 Å². The highest BCUT2D eigenvalue weighted by molar-refractivity contribution is 5.67. The molecular weight excluding hydrogens is 208 g/mol. The van der Waals surface area contributed by atoms with E-state index in [4.69, 9.17) is 14.6 Å². The van der Waals surface area contributed by atoms with Gasteiger partial charge in [0.15, 0.2) is 0 Å². The van der Waals surface area contributed by atoms with Gasteiger partial charge in [0, 0.05) is 0 Å². The molecule has 0 radical (unpaired) electrons. The van der Waals surface area contributed by atoms with Gasteiger partial charge in [-0.3, -0.25) is 4.79 Å². The quantitative estimate of drug-likeness (QED) is 0.803. The van der Waals surface area contributed by atoms with Gasteiger partial charge in [0.1, 0.15) is 5.75 Å². The van der Waals surface area contributed by atoms with Crippen LogP contribution in [0.1, 0.15) is 18.9 Å². The van der Waals surface area contributed by atoms with Gasteiger partial charge in [-0.1, -0.05) is 12.1 Å². The Balaban J connectivity index is 2.44. The first-order valence-corrected chi connectivity index (χ1v) is 5.08. The van der Waals surface area contributed by atoms with Crippen LogP contribution in [0.25, 0.3) is 0 Å². The van der Waals surface area contributed by atoms with Crippen molar-refractivity contribution in [1.82, 2.24) is 0 Å². The fraction of sp³-hybridized carbons (Fsp3) is 0.417. The Kier molecular flexibility index (Phi) is 4.79. The molecule has 88 valence electrons. The molecule has 4 nitrogen and oxygen atoms in total. The lowest BCUT2D eigenvalue weighted by Crippen LogP contribution is -2.13. The molecule has 0 saturated carbocycles. The van der Waals surface area contributed by atoms with E-state index < -0.39 is 5.97 Å². The van der Waals surface area contributed by atoms with E-state index >= 15 is 0 Å². The predicted octanol–water partition coefficient (Wildman–Crippen LogP) is 2.08. The summed E-state index contributed by atoms with van der Waals surface area (Å²) in [5.41, 5.74) is 0.969. The monoisotopic (exact) mass is 224 g/mol. The number of hydrogen-bond donors (Lipinski definition) is 1. The van der Waals surface area contributed by atoms with Crippen molar-refractivity contribution in [2.45, 2.75) is 26.1 Å². The zero-order chi connectivity index (χ0) is 12.0. The second-order valence-corrected chi connectivity index (χ2v) is 3.57. The number of ether oxygens (including phenoxy) is 2. The lowest BCUT2D eigenvalue weighted by molar-refractivity contribution is -0.140. The van der Waals surface area contributed by atoms with Gasteiger partial charge in [0.25, 0.3) is 0 Å². The molecule has 1 atom stereocenters. The third-order valence-corrected chi connectivity index (χ3v) is 2.13. The van der Waals surface area contributed by atoms with Crippen LogP contribution in [0, 0.1) is 0 Å². The van der Waals surface area contributed by atoms with Crippen LogP contribution < -0.4 is 4.74 Å². The van der Waals surface area contributed by atoms with E-state index in [1.54, 1.807) is 14.0 Å². The van der Waals surface area contributed by atoms with Gasteiger partial charge < -0.3 is 14.6 Å². The van der Waals surface area contributed by atoms with E-state index in [9.17, 15) is 4.79 Å². The maximum Gasteiger partial charge on any atom is 0.305 e. The molecule has 0 aromatic heterocycles. The number of hydrogen-bond acceptors (Lipinski definition) is 3. The molecule has 0 fully saturated rings. The van der Waals surface area contributed by atoms with Crippen molar-refractivity contribution in [1.29, 1.82) is 0 Å².